The van der Waals surface area contributed by atoms with Gasteiger partial charge in [-0.3, -0.25) is 0 Å². The summed E-state index contributed by atoms with van der Waals surface area (Å²) in [6.45, 7) is 0. The van der Waals surface area contributed by atoms with Crippen LogP contribution in [0, 0.1) is 4.84 Å². The third kappa shape index (κ3) is 2.44. The zero-order valence-electron chi connectivity index (χ0n) is 10.4. The van der Waals surface area contributed by atoms with E-state index in [1.54, 1.807) is 0 Å². The number of benzene rings is 2. The van der Waals surface area contributed by atoms with Crippen LogP contribution in [0.15, 0.2) is 46.9 Å². The van der Waals surface area contributed by atoms with E-state index in [0.717, 1.165) is 22.5 Å². The lowest BCUT2D eigenvalue weighted by Gasteiger charge is -2.02. The van der Waals surface area contributed by atoms with Gasteiger partial charge in [-0.15, -0.1) is 0 Å². The summed E-state index contributed by atoms with van der Waals surface area (Å²) >= 11 is 11.1. The molecule has 19 heavy (non-hydrogen) atoms. The van der Waals surface area contributed by atoms with Crippen molar-refractivity contribution in [2.45, 2.75) is 6.42 Å². The molecule has 1 heterocycles. The molecule has 0 unspecified atom stereocenters. The van der Waals surface area contributed by atoms with Crippen LogP contribution in [0.1, 0.15) is 11.1 Å². The van der Waals surface area contributed by atoms with Crippen molar-refractivity contribution in [3.63, 3.8) is 0 Å². The summed E-state index contributed by atoms with van der Waals surface area (Å²) < 4.78 is 7.42. The van der Waals surface area contributed by atoms with Crippen LogP contribution in [0.4, 0.5) is 0 Å². The molecule has 4 heteroatoms. The molecule has 0 amide bonds. The number of fused-ring (bicyclic) bond motifs is 1. The summed E-state index contributed by atoms with van der Waals surface area (Å²) in [6, 6.07) is 14.0. The molecule has 3 rings (SSSR count). The van der Waals surface area contributed by atoms with Crippen LogP contribution >= 0.6 is 23.8 Å². The second-order valence-electron chi connectivity index (χ2n) is 4.54. The van der Waals surface area contributed by atoms with E-state index in [4.69, 9.17) is 28.2 Å². The second-order valence-corrected chi connectivity index (χ2v) is 5.32. The number of hydrogen-bond acceptors (Lipinski definition) is 2. The fourth-order valence-electron chi connectivity index (χ4n) is 2.17. The van der Waals surface area contributed by atoms with Crippen molar-refractivity contribution in [3.8, 4) is 0 Å². The minimum absolute atomic E-state index is 0.495. The molecule has 0 saturated carbocycles. The van der Waals surface area contributed by atoms with Crippen molar-refractivity contribution in [3.05, 3.63) is 63.5 Å². The van der Waals surface area contributed by atoms with Crippen molar-refractivity contribution < 1.29 is 4.42 Å². The van der Waals surface area contributed by atoms with Crippen LogP contribution in [0.2, 0.25) is 5.02 Å². The summed E-state index contributed by atoms with van der Waals surface area (Å²) in [5.74, 6) is 0. The Hall–Kier alpha value is -1.58. The van der Waals surface area contributed by atoms with Crippen LogP contribution in [0.5, 0.6) is 0 Å². The normalized spacial score (nSPS) is 11.1. The van der Waals surface area contributed by atoms with Gasteiger partial charge in [0.15, 0.2) is 5.58 Å². The Labute approximate surface area is 121 Å². The third-order valence-electron chi connectivity index (χ3n) is 3.15. The molecule has 0 spiro atoms. The number of rotatable bonds is 2. The van der Waals surface area contributed by atoms with Gasteiger partial charge in [0.05, 0.1) is 5.52 Å². The largest absolute Gasteiger partial charge is 0.429 e. The summed E-state index contributed by atoms with van der Waals surface area (Å²) in [5.41, 5.74) is 4.20. The predicted molar refractivity (Wildman–Crippen MR) is 80.3 cm³/mol. The Bertz CT molecular complexity index is 803. The van der Waals surface area contributed by atoms with E-state index in [2.05, 4.69) is 12.1 Å². The monoisotopic (exact) mass is 289 g/mol. The van der Waals surface area contributed by atoms with Crippen molar-refractivity contribution in [2.24, 2.45) is 7.05 Å². The molecule has 0 aliphatic rings. The molecule has 0 atom stereocenters. The van der Waals surface area contributed by atoms with Crippen molar-refractivity contribution >= 4 is 34.9 Å². The van der Waals surface area contributed by atoms with Crippen LogP contribution in [-0.2, 0) is 13.5 Å². The van der Waals surface area contributed by atoms with Crippen LogP contribution in [-0.4, -0.2) is 4.57 Å². The molecule has 2 nitrogen and oxygen atoms in total. The zero-order chi connectivity index (χ0) is 13.4. The van der Waals surface area contributed by atoms with E-state index in [9.17, 15) is 0 Å². The quantitative estimate of drug-likeness (QED) is 0.634. The van der Waals surface area contributed by atoms with Crippen molar-refractivity contribution in [2.75, 3.05) is 0 Å². The third-order valence-corrected chi connectivity index (χ3v) is 3.75. The molecule has 0 bridgehead atoms. The zero-order valence-corrected chi connectivity index (χ0v) is 12.0. The van der Waals surface area contributed by atoms with Gasteiger partial charge in [0.1, 0.15) is 0 Å². The van der Waals surface area contributed by atoms with Gasteiger partial charge >= 0.3 is 0 Å². The van der Waals surface area contributed by atoms with Gasteiger partial charge in [0, 0.05) is 12.1 Å². The highest BCUT2D eigenvalue weighted by Gasteiger charge is 2.05. The molecule has 0 radical (unpaired) electrons. The molecule has 3 aromatic rings. The van der Waals surface area contributed by atoms with Crippen molar-refractivity contribution in [1.29, 1.82) is 0 Å². The van der Waals surface area contributed by atoms with Crippen LogP contribution in [0.25, 0.3) is 11.1 Å². The highest BCUT2D eigenvalue weighted by atomic mass is 35.5. The molecular weight excluding hydrogens is 278 g/mol. The van der Waals surface area contributed by atoms with Gasteiger partial charge in [-0.2, -0.15) is 0 Å². The van der Waals surface area contributed by atoms with E-state index in [0.29, 0.717) is 4.84 Å². The molecule has 1 aromatic heterocycles. The van der Waals surface area contributed by atoms with E-state index in [-0.39, 0.29) is 0 Å². The highest BCUT2D eigenvalue weighted by Crippen LogP contribution is 2.21. The number of nitrogens with zero attached hydrogens (tertiary/aromatic N) is 1. The number of aryl methyl sites for hydroxylation is 1. The number of oxazole rings is 1. The van der Waals surface area contributed by atoms with Crippen LogP contribution in [0.3, 0.4) is 0 Å². The van der Waals surface area contributed by atoms with E-state index in [1.165, 1.54) is 11.1 Å². The SMILES string of the molecule is Cn1c(=S)oc2cc(Cc3cccc(Cl)c3)ccc21. The lowest BCUT2D eigenvalue weighted by atomic mass is 10.0. The lowest BCUT2D eigenvalue weighted by molar-refractivity contribution is 0.558. The molecule has 96 valence electrons. The Morgan fingerprint density at radius 2 is 1.95 bits per heavy atom. The van der Waals surface area contributed by atoms with Crippen molar-refractivity contribution in [1.82, 2.24) is 4.57 Å². The maximum Gasteiger partial charge on any atom is 0.269 e. The van der Waals surface area contributed by atoms with Gasteiger partial charge in [-0.05, 0) is 54.0 Å². The van der Waals surface area contributed by atoms with Gasteiger partial charge in [0.2, 0.25) is 0 Å². The van der Waals surface area contributed by atoms with E-state index >= 15 is 0 Å². The Balaban J connectivity index is 2.00. The lowest BCUT2D eigenvalue weighted by Crippen LogP contribution is -1.89. The average molecular weight is 290 g/mol. The molecular formula is C15H12ClNOS. The molecule has 0 fully saturated rings. The average Bonchev–Trinajstić information content (AvgIpc) is 2.65. The number of halogens is 1. The summed E-state index contributed by atoms with van der Waals surface area (Å²) in [6.07, 6.45) is 0.827. The van der Waals surface area contributed by atoms with Gasteiger partial charge in [0.25, 0.3) is 4.84 Å². The summed E-state index contributed by atoms with van der Waals surface area (Å²) in [4.78, 5) is 0.495. The van der Waals surface area contributed by atoms with Gasteiger partial charge < -0.3 is 8.98 Å². The number of hydrogen-bond donors (Lipinski definition) is 0. The Kier molecular flexibility index (Phi) is 3.17. The smallest absolute Gasteiger partial charge is 0.269 e. The molecule has 0 N–H and O–H groups in total. The fraction of sp³-hybridized carbons (Fsp3) is 0.133. The second kappa shape index (κ2) is 4.83. The molecule has 0 aliphatic carbocycles. The first-order chi connectivity index (χ1) is 9.13. The standard InChI is InChI=1S/C15H12ClNOS/c1-17-13-6-5-11(9-14(13)18-15(17)19)7-10-3-2-4-12(16)8-10/h2-6,8-9H,7H2,1H3. The maximum absolute atomic E-state index is 5.99. The topological polar surface area (TPSA) is 18.1 Å². The fourth-order valence-corrected chi connectivity index (χ4v) is 2.57. The maximum atomic E-state index is 5.99. The summed E-state index contributed by atoms with van der Waals surface area (Å²) in [7, 11) is 1.91. The molecule has 0 saturated heterocycles. The minimum atomic E-state index is 0.495. The summed E-state index contributed by atoms with van der Waals surface area (Å²) in [5, 5.41) is 0.760. The first-order valence-corrected chi connectivity index (χ1v) is 6.75. The predicted octanol–water partition coefficient (Wildman–Crippen LogP) is 4.74. The van der Waals surface area contributed by atoms with Gasteiger partial charge in [-0.1, -0.05) is 29.8 Å². The number of aromatic nitrogens is 1. The van der Waals surface area contributed by atoms with E-state index < -0.39 is 0 Å². The van der Waals surface area contributed by atoms with Gasteiger partial charge in [-0.25, -0.2) is 0 Å². The first kappa shape index (κ1) is 12.5. The minimum Gasteiger partial charge on any atom is -0.429 e. The highest BCUT2D eigenvalue weighted by molar-refractivity contribution is 7.71. The Morgan fingerprint density at radius 3 is 2.74 bits per heavy atom. The Morgan fingerprint density at radius 1 is 1.16 bits per heavy atom. The van der Waals surface area contributed by atoms with E-state index in [1.807, 2.05) is 41.9 Å². The first-order valence-electron chi connectivity index (χ1n) is 5.96. The van der Waals surface area contributed by atoms with Crippen LogP contribution < -0.4 is 0 Å². The molecule has 0 aliphatic heterocycles. The molecule has 2 aromatic carbocycles.